The highest BCUT2D eigenvalue weighted by atomic mass is 16.5. The molecule has 1 rings (SSSR count). The van der Waals surface area contributed by atoms with E-state index in [1.54, 1.807) is 12.0 Å². The monoisotopic (exact) mass is 253 g/mol. The number of carbonyl (C=O) groups is 1. The number of phenolic OH excluding ortho intramolecular Hbond substituents is 2. The topological polar surface area (TPSA) is 70.0 Å². The number of phenols is 2. The number of amides is 1. The minimum absolute atomic E-state index is 0.0494. The van der Waals surface area contributed by atoms with Crippen molar-refractivity contribution in [1.82, 2.24) is 4.90 Å². The van der Waals surface area contributed by atoms with Crippen molar-refractivity contribution in [3.05, 3.63) is 23.8 Å². The molecule has 1 amide bonds. The average molecular weight is 253 g/mol. The van der Waals surface area contributed by atoms with Crippen LogP contribution in [0.5, 0.6) is 11.5 Å². The van der Waals surface area contributed by atoms with Crippen molar-refractivity contribution in [3.8, 4) is 11.5 Å². The molecule has 100 valence electrons. The Kier molecular flexibility index (Phi) is 4.97. The molecule has 0 heterocycles. The standard InChI is InChI=1S/C13H19NO4/c1-4-14(9(2)8-18-3)13(17)11-7-10(15)5-6-12(11)16/h5-7,9,15-16H,4,8H2,1-3H3. The van der Waals surface area contributed by atoms with Crippen LogP contribution in [0.4, 0.5) is 0 Å². The van der Waals surface area contributed by atoms with Crippen molar-refractivity contribution in [2.24, 2.45) is 0 Å². The highest BCUT2D eigenvalue weighted by Gasteiger charge is 2.22. The molecular formula is C13H19NO4. The highest BCUT2D eigenvalue weighted by molar-refractivity contribution is 5.97. The molecule has 1 aromatic rings. The Morgan fingerprint density at radius 1 is 1.44 bits per heavy atom. The maximum Gasteiger partial charge on any atom is 0.258 e. The summed E-state index contributed by atoms with van der Waals surface area (Å²) in [6.45, 7) is 4.63. The number of methoxy groups -OCH3 is 1. The lowest BCUT2D eigenvalue weighted by molar-refractivity contribution is 0.0576. The second kappa shape index (κ2) is 6.26. The molecule has 2 N–H and O–H groups in total. The summed E-state index contributed by atoms with van der Waals surface area (Å²) in [5.41, 5.74) is 0.0970. The molecular weight excluding hydrogens is 234 g/mol. The smallest absolute Gasteiger partial charge is 0.258 e. The lowest BCUT2D eigenvalue weighted by Gasteiger charge is -2.27. The Labute approximate surface area is 107 Å². The summed E-state index contributed by atoms with van der Waals surface area (Å²) in [5.74, 6) is -0.511. The van der Waals surface area contributed by atoms with Crippen LogP contribution in [0, 0.1) is 0 Å². The zero-order valence-corrected chi connectivity index (χ0v) is 10.9. The minimum atomic E-state index is -0.324. The Morgan fingerprint density at radius 2 is 2.11 bits per heavy atom. The van der Waals surface area contributed by atoms with Crippen LogP contribution in [-0.2, 0) is 4.74 Å². The fourth-order valence-corrected chi connectivity index (χ4v) is 1.84. The molecule has 5 heteroatoms. The number of ether oxygens (including phenoxy) is 1. The Bertz CT molecular complexity index is 419. The van der Waals surface area contributed by atoms with Gasteiger partial charge in [-0.1, -0.05) is 0 Å². The van der Waals surface area contributed by atoms with E-state index in [1.165, 1.54) is 18.2 Å². The van der Waals surface area contributed by atoms with Gasteiger partial charge in [0.15, 0.2) is 0 Å². The van der Waals surface area contributed by atoms with Gasteiger partial charge in [-0.3, -0.25) is 4.79 Å². The van der Waals surface area contributed by atoms with Gasteiger partial charge in [0.1, 0.15) is 11.5 Å². The molecule has 0 saturated heterocycles. The normalized spacial score (nSPS) is 12.2. The number of benzene rings is 1. The van der Waals surface area contributed by atoms with Gasteiger partial charge in [0.05, 0.1) is 18.2 Å². The predicted octanol–water partition coefficient (Wildman–Crippen LogP) is 1.59. The number of hydrogen-bond donors (Lipinski definition) is 2. The van der Waals surface area contributed by atoms with Crippen molar-refractivity contribution in [3.63, 3.8) is 0 Å². The summed E-state index contributed by atoms with van der Waals surface area (Å²) in [7, 11) is 1.57. The fourth-order valence-electron chi connectivity index (χ4n) is 1.84. The Morgan fingerprint density at radius 3 is 2.67 bits per heavy atom. The van der Waals surface area contributed by atoms with Gasteiger partial charge in [-0.15, -0.1) is 0 Å². The first-order valence-electron chi connectivity index (χ1n) is 5.83. The van der Waals surface area contributed by atoms with E-state index in [1.807, 2.05) is 13.8 Å². The quantitative estimate of drug-likeness (QED) is 0.782. The van der Waals surface area contributed by atoms with E-state index in [0.29, 0.717) is 13.2 Å². The molecule has 0 radical (unpaired) electrons. The van der Waals surface area contributed by atoms with Crippen molar-refractivity contribution in [2.45, 2.75) is 19.9 Å². The van der Waals surface area contributed by atoms with E-state index < -0.39 is 0 Å². The lowest BCUT2D eigenvalue weighted by atomic mass is 10.1. The van der Waals surface area contributed by atoms with Gasteiger partial charge in [-0.25, -0.2) is 0 Å². The van der Waals surface area contributed by atoms with E-state index >= 15 is 0 Å². The lowest BCUT2D eigenvalue weighted by Crippen LogP contribution is -2.40. The van der Waals surface area contributed by atoms with Gasteiger partial charge in [0.25, 0.3) is 5.91 Å². The molecule has 0 fully saturated rings. The molecule has 0 aromatic heterocycles. The Hall–Kier alpha value is -1.75. The molecule has 0 aliphatic heterocycles. The largest absolute Gasteiger partial charge is 0.508 e. The maximum atomic E-state index is 12.3. The number of hydrogen-bond acceptors (Lipinski definition) is 4. The van der Waals surface area contributed by atoms with Crippen LogP contribution in [0.1, 0.15) is 24.2 Å². The first-order chi connectivity index (χ1) is 8.51. The first kappa shape index (κ1) is 14.3. The van der Waals surface area contributed by atoms with Crippen molar-refractivity contribution < 1.29 is 19.7 Å². The molecule has 0 spiro atoms. The van der Waals surface area contributed by atoms with Gasteiger partial charge in [0.2, 0.25) is 0 Å². The number of likely N-dealkylation sites (N-methyl/N-ethyl adjacent to an activating group) is 1. The van der Waals surface area contributed by atoms with Gasteiger partial charge >= 0.3 is 0 Å². The number of nitrogens with zero attached hydrogens (tertiary/aromatic N) is 1. The molecule has 0 saturated carbocycles. The maximum absolute atomic E-state index is 12.3. The van der Waals surface area contributed by atoms with Crippen molar-refractivity contribution in [1.29, 1.82) is 0 Å². The second-order valence-electron chi connectivity index (χ2n) is 4.10. The number of rotatable bonds is 5. The van der Waals surface area contributed by atoms with E-state index in [4.69, 9.17) is 4.74 Å². The van der Waals surface area contributed by atoms with Crippen LogP contribution in [0.25, 0.3) is 0 Å². The summed E-state index contributed by atoms with van der Waals surface area (Å²) in [4.78, 5) is 13.8. The van der Waals surface area contributed by atoms with Gasteiger partial charge in [-0.05, 0) is 32.0 Å². The summed E-state index contributed by atoms with van der Waals surface area (Å²) in [6.07, 6.45) is 0. The van der Waals surface area contributed by atoms with Crippen LogP contribution in [0.3, 0.4) is 0 Å². The zero-order chi connectivity index (χ0) is 13.7. The molecule has 1 aromatic carbocycles. The fraction of sp³-hybridized carbons (Fsp3) is 0.462. The molecule has 18 heavy (non-hydrogen) atoms. The molecule has 0 aliphatic carbocycles. The van der Waals surface area contributed by atoms with Gasteiger partial charge in [0, 0.05) is 13.7 Å². The molecule has 5 nitrogen and oxygen atoms in total. The molecule has 0 aliphatic rings. The van der Waals surface area contributed by atoms with Gasteiger partial charge in [-0.2, -0.15) is 0 Å². The summed E-state index contributed by atoms with van der Waals surface area (Å²) in [5, 5.41) is 19.0. The second-order valence-corrected chi connectivity index (χ2v) is 4.10. The van der Waals surface area contributed by atoms with Crippen LogP contribution < -0.4 is 0 Å². The first-order valence-corrected chi connectivity index (χ1v) is 5.83. The van der Waals surface area contributed by atoms with Gasteiger partial charge < -0.3 is 19.8 Å². The van der Waals surface area contributed by atoms with E-state index in [9.17, 15) is 15.0 Å². The van der Waals surface area contributed by atoms with Crippen LogP contribution in [0.2, 0.25) is 0 Å². The van der Waals surface area contributed by atoms with Crippen molar-refractivity contribution >= 4 is 5.91 Å². The average Bonchev–Trinajstić information content (AvgIpc) is 2.33. The van der Waals surface area contributed by atoms with E-state index in [2.05, 4.69) is 0 Å². The number of aromatic hydroxyl groups is 2. The third kappa shape index (κ3) is 3.13. The molecule has 1 atom stereocenters. The van der Waals surface area contributed by atoms with Crippen molar-refractivity contribution in [2.75, 3.05) is 20.3 Å². The zero-order valence-electron chi connectivity index (χ0n) is 10.9. The summed E-state index contributed by atoms with van der Waals surface area (Å²) < 4.78 is 5.02. The molecule has 1 unspecified atom stereocenters. The summed E-state index contributed by atoms with van der Waals surface area (Å²) in [6, 6.07) is 3.80. The predicted molar refractivity (Wildman–Crippen MR) is 67.8 cm³/mol. The highest BCUT2D eigenvalue weighted by Crippen LogP contribution is 2.24. The minimum Gasteiger partial charge on any atom is -0.508 e. The van der Waals surface area contributed by atoms with E-state index in [-0.39, 0.29) is 29.0 Å². The van der Waals surface area contributed by atoms with Crippen LogP contribution in [-0.4, -0.2) is 47.3 Å². The SMILES string of the molecule is CCN(C(=O)c1cc(O)ccc1O)C(C)COC. The van der Waals surface area contributed by atoms with E-state index in [0.717, 1.165) is 0 Å². The van der Waals surface area contributed by atoms with Crippen LogP contribution in [0.15, 0.2) is 18.2 Å². The summed E-state index contributed by atoms with van der Waals surface area (Å²) >= 11 is 0. The molecule has 0 bridgehead atoms. The number of carbonyl (C=O) groups excluding carboxylic acids is 1. The third-order valence-corrected chi connectivity index (χ3v) is 2.75. The van der Waals surface area contributed by atoms with Crippen LogP contribution >= 0.6 is 0 Å². The third-order valence-electron chi connectivity index (χ3n) is 2.75. The Balaban J connectivity index is 2.99.